The highest BCUT2D eigenvalue weighted by molar-refractivity contribution is 9.10. The molecule has 2 aromatic carbocycles. The lowest BCUT2D eigenvalue weighted by molar-refractivity contribution is -0.173. The summed E-state index contributed by atoms with van der Waals surface area (Å²) < 4.78 is 14.5. The number of imide groups is 2. The zero-order chi connectivity index (χ0) is 27.3. The zero-order valence-corrected chi connectivity index (χ0v) is 22.2. The molecule has 2 heterocycles. The number of carbonyl (C=O) groups is 4. The number of halogens is 3. The number of nitrogens with zero attached hydrogens (tertiary/aromatic N) is 2. The van der Waals surface area contributed by atoms with Crippen LogP contribution in [-0.2, 0) is 19.2 Å². The van der Waals surface area contributed by atoms with Gasteiger partial charge in [-0.2, -0.15) is 5.06 Å². The Morgan fingerprint density at radius 1 is 1.05 bits per heavy atom. The SMILES string of the molecule is CC12C(=O)N(c3ccc(F)c(Cl)c3)C(=O)C1CC1C(=CCC3C(=O)N(O)C(=O)C31)C2c1cc(Br)ccc1O. The maximum atomic E-state index is 14.2. The molecule has 2 N–H and O–H groups in total. The van der Waals surface area contributed by atoms with E-state index in [1.54, 1.807) is 25.1 Å². The van der Waals surface area contributed by atoms with Crippen molar-refractivity contribution in [3.63, 3.8) is 0 Å². The van der Waals surface area contributed by atoms with E-state index < -0.39 is 64.5 Å². The molecule has 8 nitrogen and oxygen atoms in total. The molecule has 0 aromatic heterocycles. The van der Waals surface area contributed by atoms with Crippen molar-refractivity contribution in [1.29, 1.82) is 0 Å². The molecule has 11 heteroatoms. The molecule has 6 unspecified atom stereocenters. The van der Waals surface area contributed by atoms with Crippen LogP contribution in [0.2, 0.25) is 5.02 Å². The van der Waals surface area contributed by atoms with Gasteiger partial charge in [-0.3, -0.25) is 24.4 Å². The van der Waals surface area contributed by atoms with Crippen LogP contribution in [0.4, 0.5) is 10.1 Å². The molecule has 2 saturated heterocycles. The number of benzene rings is 2. The lowest BCUT2D eigenvalue weighted by Gasteiger charge is -2.49. The monoisotopic (exact) mass is 602 g/mol. The Morgan fingerprint density at radius 2 is 1.79 bits per heavy atom. The van der Waals surface area contributed by atoms with Crippen molar-refractivity contribution in [2.75, 3.05) is 4.90 Å². The predicted molar refractivity (Wildman–Crippen MR) is 135 cm³/mol. The van der Waals surface area contributed by atoms with E-state index in [1.807, 2.05) is 0 Å². The van der Waals surface area contributed by atoms with Crippen LogP contribution >= 0.6 is 27.5 Å². The van der Waals surface area contributed by atoms with Crippen molar-refractivity contribution in [2.45, 2.75) is 25.7 Å². The molecule has 196 valence electrons. The second kappa shape index (κ2) is 8.46. The van der Waals surface area contributed by atoms with Gasteiger partial charge in [-0.15, -0.1) is 0 Å². The van der Waals surface area contributed by atoms with Gasteiger partial charge in [-0.1, -0.05) is 39.2 Å². The Kier molecular flexibility index (Phi) is 5.61. The third-order valence-corrected chi connectivity index (χ3v) is 9.50. The van der Waals surface area contributed by atoms with Crippen molar-refractivity contribution in [3.05, 3.63) is 68.9 Å². The number of hydrogen-bond acceptors (Lipinski definition) is 6. The number of aromatic hydroxyl groups is 1. The number of allylic oxidation sites excluding steroid dienone is 2. The molecular weight excluding hydrogens is 583 g/mol. The molecule has 4 aliphatic rings. The van der Waals surface area contributed by atoms with Gasteiger partial charge in [-0.05, 0) is 62.1 Å². The second-order valence-electron chi connectivity index (χ2n) is 10.5. The van der Waals surface area contributed by atoms with Crippen molar-refractivity contribution in [1.82, 2.24) is 5.06 Å². The number of fused-ring (bicyclic) bond motifs is 4. The van der Waals surface area contributed by atoms with Crippen LogP contribution in [0.3, 0.4) is 0 Å². The average Bonchev–Trinajstić information content (AvgIpc) is 3.22. The minimum Gasteiger partial charge on any atom is -0.508 e. The van der Waals surface area contributed by atoms with E-state index in [0.29, 0.717) is 15.6 Å². The topological polar surface area (TPSA) is 115 Å². The fourth-order valence-electron chi connectivity index (χ4n) is 6.97. The summed E-state index contributed by atoms with van der Waals surface area (Å²) in [5.74, 6) is -7.37. The predicted octanol–water partition coefficient (Wildman–Crippen LogP) is 4.57. The number of phenolic OH excluding ortho intramolecular Hbond substituents is 1. The number of amides is 4. The van der Waals surface area contributed by atoms with Gasteiger partial charge in [0.15, 0.2) is 0 Å². The van der Waals surface area contributed by atoms with Crippen LogP contribution in [0.5, 0.6) is 5.75 Å². The first-order valence-corrected chi connectivity index (χ1v) is 13.2. The van der Waals surface area contributed by atoms with Gasteiger partial charge in [0.1, 0.15) is 11.6 Å². The van der Waals surface area contributed by atoms with E-state index >= 15 is 0 Å². The molecule has 2 aliphatic heterocycles. The Morgan fingerprint density at radius 3 is 2.50 bits per heavy atom. The van der Waals surface area contributed by atoms with E-state index in [-0.39, 0.29) is 34.4 Å². The van der Waals surface area contributed by atoms with Crippen LogP contribution in [-0.4, -0.2) is 39.0 Å². The van der Waals surface area contributed by atoms with E-state index in [1.165, 1.54) is 18.2 Å². The molecule has 2 aliphatic carbocycles. The van der Waals surface area contributed by atoms with Gasteiger partial charge in [0, 0.05) is 16.0 Å². The Balaban J connectivity index is 1.56. The van der Waals surface area contributed by atoms with E-state index in [9.17, 15) is 33.9 Å². The van der Waals surface area contributed by atoms with E-state index in [2.05, 4.69) is 15.9 Å². The van der Waals surface area contributed by atoms with Crippen molar-refractivity contribution >= 4 is 56.8 Å². The molecule has 0 spiro atoms. The summed E-state index contributed by atoms with van der Waals surface area (Å²) in [4.78, 5) is 54.7. The molecule has 2 aromatic rings. The molecule has 4 amide bonds. The summed E-state index contributed by atoms with van der Waals surface area (Å²) in [5.41, 5.74) is -0.215. The first kappa shape index (κ1) is 25.2. The number of hydroxylamine groups is 2. The minimum atomic E-state index is -1.38. The Bertz CT molecular complexity index is 1500. The van der Waals surface area contributed by atoms with E-state index in [4.69, 9.17) is 11.6 Å². The number of rotatable bonds is 2. The highest BCUT2D eigenvalue weighted by atomic mass is 79.9. The van der Waals surface area contributed by atoms with E-state index in [0.717, 1.165) is 11.0 Å². The zero-order valence-electron chi connectivity index (χ0n) is 19.9. The summed E-state index contributed by atoms with van der Waals surface area (Å²) in [5, 5.41) is 21.0. The molecular formula is C27H21BrClFN2O6. The van der Waals surface area contributed by atoms with Crippen LogP contribution < -0.4 is 4.90 Å². The van der Waals surface area contributed by atoms with Gasteiger partial charge in [-0.25, -0.2) is 9.29 Å². The molecule has 0 radical (unpaired) electrons. The number of carbonyl (C=O) groups excluding carboxylic acids is 4. The standard InChI is InChI=1S/C27H21BrClFN2O6/c1-27-17(24(35)31(26(27)37)12-3-6-19(30)18(29)9-12)10-15-13(22(27)16-8-11(28)2-7-20(16)33)4-5-14-21(15)25(36)32(38)23(14)34/h2-4,6-9,14-15,17,21-22,33,38H,5,10H2,1H3. The van der Waals surface area contributed by atoms with Gasteiger partial charge >= 0.3 is 0 Å². The minimum absolute atomic E-state index is 0.0810. The molecule has 3 fully saturated rings. The van der Waals surface area contributed by atoms with Crippen LogP contribution in [0, 0.1) is 34.9 Å². The Labute approximate surface area is 229 Å². The van der Waals surface area contributed by atoms with Crippen LogP contribution in [0.1, 0.15) is 31.2 Å². The fraction of sp³-hybridized carbons (Fsp3) is 0.333. The van der Waals surface area contributed by atoms with Crippen molar-refractivity contribution < 1.29 is 33.9 Å². The summed E-state index contributed by atoms with van der Waals surface area (Å²) in [7, 11) is 0. The molecule has 6 atom stereocenters. The quantitative estimate of drug-likeness (QED) is 0.295. The first-order valence-electron chi connectivity index (χ1n) is 12.0. The van der Waals surface area contributed by atoms with Crippen LogP contribution in [0.25, 0.3) is 0 Å². The highest BCUT2D eigenvalue weighted by Crippen LogP contribution is 2.64. The largest absolute Gasteiger partial charge is 0.508 e. The maximum absolute atomic E-state index is 14.2. The smallest absolute Gasteiger partial charge is 0.257 e. The van der Waals surface area contributed by atoms with Gasteiger partial charge in [0.2, 0.25) is 11.8 Å². The highest BCUT2D eigenvalue weighted by Gasteiger charge is 2.68. The average molecular weight is 604 g/mol. The summed E-state index contributed by atoms with van der Waals surface area (Å²) in [6, 6.07) is 8.38. The maximum Gasteiger partial charge on any atom is 0.257 e. The normalized spacial score (nSPS) is 32.3. The van der Waals surface area contributed by atoms with Gasteiger partial charge in [0.05, 0.1) is 33.9 Å². The molecule has 1 saturated carbocycles. The number of hydrogen-bond donors (Lipinski definition) is 2. The molecule has 0 bridgehead atoms. The van der Waals surface area contributed by atoms with Gasteiger partial charge in [0.25, 0.3) is 11.8 Å². The van der Waals surface area contributed by atoms with Crippen LogP contribution in [0.15, 0.2) is 52.5 Å². The summed E-state index contributed by atoms with van der Waals surface area (Å²) in [6.07, 6.45) is 2.05. The summed E-state index contributed by atoms with van der Waals surface area (Å²) in [6.45, 7) is 1.66. The molecule has 38 heavy (non-hydrogen) atoms. The third kappa shape index (κ3) is 3.23. The third-order valence-electron chi connectivity index (χ3n) is 8.71. The number of phenols is 1. The van der Waals surface area contributed by atoms with Crippen molar-refractivity contribution in [2.24, 2.45) is 29.1 Å². The lowest BCUT2D eigenvalue weighted by atomic mass is 9.51. The second-order valence-corrected chi connectivity index (χ2v) is 11.8. The fourth-order valence-corrected chi connectivity index (χ4v) is 7.52. The number of anilines is 1. The summed E-state index contributed by atoms with van der Waals surface area (Å²) >= 11 is 9.39. The Hall–Kier alpha value is -3.08. The van der Waals surface area contributed by atoms with Gasteiger partial charge < -0.3 is 5.11 Å². The first-order chi connectivity index (χ1) is 18.0. The lowest BCUT2D eigenvalue weighted by Crippen LogP contribution is -2.48. The van der Waals surface area contributed by atoms with Crippen molar-refractivity contribution in [3.8, 4) is 5.75 Å². The molecule has 6 rings (SSSR count).